The van der Waals surface area contributed by atoms with Crippen LogP contribution < -0.4 is 0 Å². The lowest BCUT2D eigenvalue weighted by Gasteiger charge is -2.41. The van der Waals surface area contributed by atoms with Crippen LogP contribution in [0, 0.1) is 17.0 Å². The molecule has 0 spiro atoms. The Kier molecular flexibility index (Phi) is 7.01. The van der Waals surface area contributed by atoms with E-state index in [1.165, 1.54) is 11.0 Å². The molecule has 1 aromatic carbocycles. The molecule has 156 valence electrons. The number of piperidine rings is 1. The Balaban J connectivity index is 2.24. The molecule has 1 fully saturated rings. The van der Waals surface area contributed by atoms with Gasteiger partial charge in [-0.15, -0.1) is 0 Å². The van der Waals surface area contributed by atoms with Crippen molar-refractivity contribution in [3.05, 3.63) is 35.4 Å². The summed E-state index contributed by atoms with van der Waals surface area (Å²) >= 11 is 0. The maximum absolute atomic E-state index is 14.1. The third-order valence-electron chi connectivity index (χ3n) is 4.80. The zero-order valence-corrected chi connectivity index (χ0v) is 15.5. The van der Waals surface area contributed by atoms with Crippen molar-refractivity contribution in [3.8, 4) is 0 Å². The summed E-state index contributed by atoms with van der Waals surface area (Å²) < 4.78 is 69.7. The molecule has 28 heavy (non-hydrogen) atoms. The molecule has 1 heterocycles. The van der Waals surface area contributed by atoms with Crippen molar-refractivity contribution in [1.82, 2.24) is 4.90 Å². The van der Waals surface area contributed by atoms with Crippen molar-refractivity contribution in [2.24, 2.45) is 5.41 Å². The normalized spacial score (nSPS) is 20.1. The standard InChI is InChI=1S/C19H22F5NO3/c1-2-28-17(27)18(11-13-4-5-14(20)10-15(13)21)7-3-9-25(12-18)16(26)6-8-19(22,23)24/h4-5,10H,2-3,6-9,11-12H2,1H3/t18-/m0/s1. The van der Waals surface area contributed by atoms with Gasteiger partial charge in [0.05, 0.1) is 18.4 Å². The van der Waals surface area contributed by atoms with Crippen LogP contribution in [0.2, 0.25) is 0 Å². The van der Waals surface area contributed by atoms with Crippen molar-refractivity contribution < 1.29 is 36.3 Å². The number of hydrogen-bond donors (Lipinski definition) is 0. The highest BCUT2D eigenvalue weighted by Crippen LogP contribution is 2.36. The number of amides is 1. The number of nitrogens with zero attached hydrogens (tertiary/aromatic N) is 1. The topological polar surface area (TPSA) is 46.6 Å². The van der Waals surface area contributed by atoms with Crippen LogP contribution in [0.25, 0.3) is 0 Å². The van der Waals surface area contributed by atoms with Crippen molar-refractivity contribution in [2.75, 3.05) is 19.7 Å². The summed E-state index contributed by atoms with van der Waals surface area (Å²) in [5, 5.41) is 0. The third kappa shape index (κ3) is 5.65. The van der Waals surface area contributed by atoms with Gasteiger partial charge in [-0.1, -0.05) is 6.07 Å². The van der Waals surface area contributed by atoms with E-state index < -0.39 is 47.9 Å². The maximum Gasteiger partial charge on any atom is 0.389 e. The molecular formula is C19H22F5NO3. The van der Waals surface area contributed by atoms with Gasteiger partial charge in [0.25, 0.3) is 0 Å². The van der Waals surface area contributed by atoms with Crippen LogP contribution in [0.4, 0.5) is 22.0 Å². The van der Waals surface area contributed by atoms with E-state index >= 15 is 0 Å². The highest BCUT2D eigenvalue weighted by molar-refractivity contribution is 5.81. The molecular weight excluding hydrogens is 385 g/mol. The van der Waals surface area contributed by atoms with E-state index in [4.69, 9.17) is 4.74 Å². The van der Waals surface area contributed by atoms with Gasteiger partial charge in [-0.3, -0.25) is 9.59 Å². The van der Waals surface area contributed by atoms with E-state index in [1.807, 2.05) is 0 Å². The Morgan fingerprint density at radius 2 is 1.96 bits per heavy atom. The third-order valence-corrected chi connectivity index (χ3v) is 4.80. The predicted molar refractivity (Wildman–Crippen MR) is 90.2 cm³/mol. The summed E-state index contributed by atoms with van der Waals surface area (Å²) in [6, 6.07) is 2.98. The Bertz CT molecular complexity index is 722. The van der Waals surface area contributed by atoms with Crippen LogP contribution in [0.3, 0.4) is 0 Å². The zero-order chi connectivity index (χ0) is 20.9. The summed E-state index contributed by atoms with van der Waals surface area (Å²) in [7, 11) is 0. The van der Waals surface area contributed by atoms with E-state index in [9.17, 15) is 31.5 Å². The van der Waals surface area contributed by atoms with Crippen molar-refractivity contribution in [1.29, 1.82) is 0 Å². The number of carbonyl (C=O) groups is 2. The second-order valence-corrected chi connectivity index (χ2v) is 6.95. The fourth-order valence-corrected chi connectivity index (χ4v) is 3.45. The fourth-order valence-electron chi connectivity index (χ4n) is 3.45. The first-order chi connectivity index (χ1) is 13.1. The van der Waals surface area contributed by atoms with Gasteiger partial charge in [0, 0.05) is 25.6 Å². The number of alkyl halides is 3. The van der Waals surface area contributed by atoms with Crippen LogP contribution >= 0.6 is 0 Å². The molecule has 0 radical (unpaired) electrons. The van der Waals surface area contributed by atoms with Crippen LogP contribution in [0.15, 0.2) is 18.2 Å². The van der Waals surface area contributed by atoms with Gasteiger partial charge < -0.3 is 9.64 Å². The summed E-state index contributed by atoms with van der Waals surface area (Å²) in [5.74, 6) is -2.96. The molecule has 4 nitrogen and oxygen atoms in total. The zero-order valence-electron chi connectivity index (χ0n) is 15.5. The molecule has 1 atom stereocenters. The smallest absolute Gasteiger partial charge is 0.389 e. The molecule has 9 heteroatoms. The van der Waals surface area contributed by atoms with Crippen molar-refractivity contribution in [3.63, 3.8) is 0 Å². The summed E-state index contributed by atoms with van der Waals surface area (Å²) in [6.07, 6.45) is -5.92. The molecule has 1 aliphatic rings. The fraction of sp³-hybridized carbons (Fsp3) is 0.579. The lowest BCUT2D eigenvalue weighted by atomic mass is 9.74. The quantitative estimate of drug-likeness (QED) is 0.529. The Morgan fingerprint density at radius 3 is 2.57 bits per heavy atom. The molecule has 0 bridgehead atoms. The Hall–Kier alpha value is -2.19. The second kappa shape index (κ2) is 8.87. The highest BCUT2D eigenvalue weighted by Gasteiger charge is 2.45. The van der Waals surface area contributed by atoms with Gasteiger partial charge in [-0.2, -0.15) is 13.2 Å². The van der Waals surface area contributed by atoms with Crippen LogP contribution in [0.1, 0.15) is 38.2 Å². The van der Waals surface area contributed by atoms with Crippen LogP contribution in [-0.2, 0) is 20.7 Å². The first kappa shape index (κ1) is 22.1. The average molecular weight is 407 g/mol. The number of halogens is 5. The lowest BCUT2D eigenvalue weighted by molar-refractivity contribution is -0.163. The molecule has 1 amide bonds. The monoisotopic (exact) mass is 407 g/mol. The van der Waals surface area contributed by atoms with E-state index in [2.05, 4.69) is 0 Å². The van der Waals surface area contributed by atoms with Gasteiger partial charge in [0.15, 0.2) is 0 Å². The second-order valence-electron chi connectivity index (χ2n) is 6.95. The lowest BCUT2D eigenvalue weighted by Crippen LogP contribution is -2.51. The average Bonchev–Trinajstić information content (AvgIpc) is 2.62. The molecule has 0 saturated carbocycles. The molecule has 2 rings (SSSR count). The minimum atomic E-state index is -4.46. The van der Waals surface area contributed by atoms with Gasteiger partial charge in [0.1, 0.15) is 11.6 Å². The number of hydrogen-bond acceptors (Lipinski definition) is 3. The molecule has 0 aromatic heterocycles. The summed E-state index contributed by atoms with van der Waals surface area (Å²) in [4.78, 5) is 26.1. The summed E-state index contributed by atoms with van der Waals surface area (Å²) in [5.41, 5.74) is -1.21. The van der Waals surface area contributed by atoms with Crippen LogP contribution in [-0.4, -0.2) is 42.6 Å². The number of ether oxygens (including phenoxy) is 1. The minimum absolute atomic E-state index is 0.0640. The molecule has 0 aliphatic carbocycles. The van der Waals surface area contributed by atoms with Gasteiger partial charge in [0.2, 0.25) is 5.91 Å². The molecule has 1 saturated heterocycles. The van der Waals surface area contributed by atoms with Gasteiger partial charge >= 0.3 is 12.1 Å². The Labute approximate surface area is 159 Å². The number of benzene rings is 1. The number of esters is 1. The highest BCUT2D eigenvalue weighted by atomic mass is 19.4. The van der Waals surface area contributed by atoms with Gasteiger partial charge in [-0.05, 0) is 37.8 Å². The molecule has 1 aliphatic heterocycles. The predicted octanol–water partition coefficient (Wildman–Crippen LogP) is 4.02. The largest absolute Gasteiger partial charge is 0.466 e. The molecule has 1 aromatic rings. The van der Waals surface area contributed by atoms with E-state index in [-0.39, 0.29) is 38.1 Å². The van der Waals surface area contributed by atoms with Crippen molar-refractivity contribution >= 4 is 11.9 Å². The Morgan fingerprint density at radius 1 is 1.25 bits per heavy atom. The number of carbonyl (C=O) groups excluding carboxylic acids is 2. The van der Waals surface area contributed by atoms with Gasteiger partial charge in [-0.25, -0.2) is 8.78 Å². The maximum atomic E-state index is 14.1. The first-order valence-corrected chi connectivity index (χ1v) is 9.02. The summed E-state index contributed by atoms with van der Waals surface area (Å²) in [6.45, 7) is 1.71. The molecule has 0 N–H and O–H groups in total. The minimum Gasteiger partial charge on any atom is -0.466 e. The van der Waals surface area contributed by atoms with Crippen molar-refractivity contribution in [2.45, 2.75) is 45.2 Å². The SMILES string of the molecule is CCOC(=O)[C@]1(Cc2ccc(F)cc2F)CCCN(C(=O)CCC(F)(F)F)C1. The van der Waals surface area contributed by atoms with E-state index in [0.717, 1.165) is 6.07 Å². The molecule has 0 unspecified atom stereocenters. The van der Waals surface area contributed by atoms with E-state index in [1.54, 1.807) is 6.92 Å². The number of rotatable bonds is 6. The van der Waals surface area contributed by atoms with E-state index in [0.29, 0.717) is 12.5 Å². The first-order valence-electron chi connectivity index (χ1n) is 9.02. The van der Waals surface area contributed by atoms with Crippen LogP contribution in [0.5, 0.6) is 0 Å². The number of likely N-dealkylation sites (tertiary alicyclic amines) is 1.